The molecule has 0 aliphatic carbocycles. The number of hydrogen-bond donors (Lipinski definition) is 0. The van der Waals surface area contributed by atoms with E-state index in [-0.39, 0.29) is 0 Å². The predicted molar refractivity (Wildman–Crippen MR) is 60.4 cm³/mol. The molecular weight excluding hydrogens is 248 g/mol. The minimum absolute atomic E-state index is 0.332. The molecule has 0 saturated heterocycles. The van der Waals surface area contributed by atoms with Crippen molar-refractivity contribution in [2.75, 3.05) is 7.11 Å². The number of hydrogen-bond acceptors (Lipinski definition) is 1. The van der Waals surface area contributed by atoms with E-state index < -0.39 is 23.3 Å². The third-order valence-corrected chi connectivity index (χ3v) is 2.48. The van der Waals surface area contributed by atoms with E-state index in [1.54, 1.807) is 6.08 Å². The van der Waals surface area contributed by atoms with Gasteiger partial charge in [-0.25, -0.2) is 8.78 Å². The molecule has 0 fully saturated rings. The fourth-order valence-corrected chi connectivity index (χ4v) is 1.57. The van der Waals surface area contributed by atoms with E-state index in [4.69, 9.17) is 0 Å². The van der Waals surface area contributed by atoms with Crippen molar-refractivity contribution in [2.45, 2.75) is 25.9 Å². The van der Waals surface area contributed by atoms with Crippen LogP contribution in [0.25, 0.3) is 0 Å². The Morgan fingerprint density at radius 1 is 1.22 bits per heavy atom. The van der Waals surface area contributed by atoms with Gasteiger partial charge in [-0.15, -0.1) is 0 Å². The second-order valence-corrected chi connectivity index (χ2v) is 3.76. The number of alkyl halides is 2. The summed E-state index contributed by atoms with van der Waals surface area (Å²) < 4.78 is 57.0. The first kappa shape index (κ1) is 14.7. The van der Waals surface area contributed by atoms with E-state index in [0.29, 0.717) is 25.5 Å². The van der Waals surface area contributed by atoms with Crippen molar-refractivity contribution >= 4 is 0 Å². The maximum Gasteiger partial charge on any atom is 0.388 e. The van der Waals surface area contributed by atoms with Gasteiger partial charge in [0.25, 0.3) is 0 Å². The number of ether oxygens (including phenoxy) is 1. The first-order valence-corrected chi connectivity index (χ1v) is 5.45. The number of methoxy groups -OCH3 is 1. The van der Waals surface area contributed by atoms with Crippen LogP contribution in [0.3, 0.4) is 0 Å². The molecule has 18 heavy (non-hydrogen) atoms. The van der Waals surface area contributed by atoms with E-state index in [1.807, 2.05) is 13.0 Å². The monoisotopic (exact) mass is 262 g/mol. The Labute approximate surface area is 103 Å². The number of benzene rings is 1. The lowest BCUT2D eigenvalue weighted by atomic mass is 10.1. The molecular formula is C13H14F4O. The fraction of sp³-hybridized carbons (Fsp3) is 0.385. The van der Waals surface area contributed by atoms with Crippen LogP contribution in [-0.4, -0.2) is 7.11 Å². The van der Waals surface area contributed by atoms with Gasteiger partial charge in [0, 0.05) is 7.11 Å². The molecule has 1 nitrogen and oxygen atoms in total. The van der Waals surface area contributed by atoms with E-state index in [1.165, 1.54) is 0 Å². The molecule has 0 aliphatic heterocycles. The zero-order valence-electron chi connectivity index (χ0n) is 10.1. The smallest absolute Gasteiger partial charge is 0.320 e. The van der Waals surface area contributed by atoms with Crippen molar-refractivity contribution in [1.82, 2.24) is 0 Å². The number of allylic oxidation sites excluding steroid dienone is 2. The molecule has 5 heteroatoms. The quantitative estimate of drug-likeness (QED) is 0.571. The zero-order valence-corrected chi connectivity index (χ0v) is 10.1. The summed E-state index contributed by atoms with van der Waals surface area (Å²) in [6.45, 7) is 1.82. The van der Waals surface area contributed by atoms with Crippen LogP contribution >= 0.6 is 0 Å². The Balaban J connectivity index is 3.05. The third kappa shape index (κ3) is 3.32. The standard InChI is InChI=1S/C13H14F4O/c1-3-4-5-6-9-7-10(14)12(11(15)8-9)13(16,17)18-2/h3-4,7-8H,5-6H2,1-2H3. The van der Waals surface area contributed by atoms with Gasteiger partial charge >= 0.3 is 6.11 Å². The van der Waals surface area contributed by atoms with Gasteiger partial charge in [0.05, 0.1) is 0 Å². The summed E-state index contributed by atoms with van der Waals surface area (Å²) >= 11 is 0. The molecule has 0 saturated carbocycles. The lowest BCUT2D eigenvalue weighted by Crippen LogP contribution is -2.20. The molecule has 0 bridgehead atoms. The molecule has 0 aliphatic rings. The van der Waals surface area contributed by atoms with Crippen LogP contribution < -0.4 is 0 Å². The maximum absolute atomic E-state index is 13.5. The molecule has 1 rings (SSSR count). The van der Waals surface area contributed by atoms with E-state index in [0.717, 1.165) is 12.1 Å². The topological polar surface area (TPSA) is 9.23 Å². The van der Waals surface area contributed by atoms with Crippen molar-refractivity contribution in [3.8, 4) is 0 Å². The summed E-state index contributed by atoms with van der Waals surface area (Å²) in [5.41, 5.74) is -1.02. The Hall–Kier alpha value is -1.36. The molecule has 1 aromatic carbocycles. The highest BCUT2D eigenvalue weighted by Crippen LogP contribution is 2.33. The van der Waals surface area contributed by atoms with Crippen molar-refractivity contribution in [3.05, 3.63) is 47.0 Å². The highest BCUT2D eigenvalue weighted by molar-refractivity contribution is 5.28. The predicted octanol–water partition coefficient (Wildman–Crippen LogP) is 4.17. The molecule has 0 amide bonds. The second-order valence-electron chi connectivity index (χ2n) is 3.76. The van der Waals surface area contributed by atoms with Crippen molar-refractivity contribution in [1.29, 1.82) is 0 Å². The van der Waals surface area contributed by atoms with Gasteiger partial charge in [-0.3, -0.25) is 0 Å². The van der Waals surface area contributed by atoms with Crippen LogP contribution in [0.4, 0.5) is 17.6 Å². The molecule has 0 unspecified atom stereocenters. The highest BCUT2D eigenvalue weighted by atomic mass is 19.3. The Morgan fingerprint density at radius 2 is 1.78 bits per heavy atom. The van der Waals surface area contributed by atoms with Crippen LogP contribution in [-0.2, 0) is 17.3 Å². The van der Waals surface area contributed by atoms with Crippen molar-refractivity contribution < 1.29 is 22.3 Å². The molecule has 0 radical (unpaired) electrons. The lowest BCUT2D eigenvalue weighted by Gasteiger charge is -2.16. The Bertz CT molecular complexity index is 418. The first-order chi connectivity index (χ1) is 8.42. The number of aryl methyl sites for hydroxylation is 1. The average molecular weight is 262 g/mol. The summed E-state index contributed by atoms with van der Waals surface area (Å²) in [7, 11) is 0.693. The van der Waals surface area contributed by atoms with Gasteiger partial charge in [-0.2, -0.15) is 8.78 Å². The molecule has 100 valence electrons. The highest BCUT2D eigenvalue weighted by Gasteiger charge is 2.38. The largest absolute Gasteiger partial charge is 0.388 e. The van der Waals surface area contributed by atoms with Crippen LogP contribution in [0.5, 0.6) is 0 Å². The van der Waals surface area contributed by atoms with Gasteiger partial charge in [0.1, 0.15) is 17.2 Å². The molecule has 1 aromatic rings. The van der Waals surface area contributed by atoms with Gasteiger partial charge in [0.15, 0.2) is 0 Å². The van der Waals surface area contributed by atoms with Crippen molar-refractivity contribution in [2.24, 2.45) is 0 Å². The second kappa shape index (κ2) is 6.00. The van der Waals surface area contributed by atoms with Gasteiger partial charge in [-0.1, -0.05) is 12.2 Å². The fourth-order valence-electron chi connectivity index (χ4n) is 1.57. The summed E-state index contributed by atoms with van der Waals surface area (Å²) in [5, 5.41) is 0. The van der Waals surface area contributed by atoms with E-state index in [2.05, 4.69) is 4.74 Å². The van der Waals surface area contributed by atoms with Crippen LogP contribution in [0.2, 0.25) is 0 Å². The Kier molecular flexibility index (Phi) is 4.90. The van der Waals surface area contributed by atoms with Gasteiger partial charge < -0.3 is 4.74 Å². The third-order valence-electron chi connectivity index (χ3n) is 2.48. The van der Waals surface area contributed by atoms with Gasteiger partial charge in [0.2, 0.25) is 0 Å². The van der Waals surface area contributed by atoms with E-state index in [9.17, 15) is 17.6 Å². The minimum atomic E-state index is -3.96. The summed E-state index contributed by atoms with van der Waals surface area (Å²) in [4.78, 5) is 0. The Morgan fingerprint density at radius 3 is 2.22 bits per heavy atom. The van der Waals surface area contributed by atoms with Crippen LogP contribution in [0, 0.1) is 11.6 Å². The molecule has 0 atom stereocenters. The van der Waals surface area contributed by atoms with Crippen LogP contribution in [0.1, 0.15) is 24.5 Å². The minimum Gasteiger partial charge on any atom is -0.320 e. The molecule has 0 N–H and O–H groups in total. The average Bonchev–Trinajstić information content (AvgIpc) is 2.28. The molecule has 0 aromatic heterocycles. The van der Waals surface area contributed by atoms with Crippen molar-refractivity contribution in [3.63, 3.8) is 0 Å². The normalized spacial score (nSPS) is 12.3. The van der Waals surface area contributed by atoms with E-state index >= 15 is 0 Å². The maximum atomic E-state index is 13.5. The van der Waals surface area contributed by atoms with Crippen LogP contribution in [0.15, 0.2) is 24.3 Å². The summed E-state index contributed by atoms with van der Waals surface area (Å²) in [5.74, 6) is -2.59. The SMILES string of the molecule is CC=CCCc1cc(F)c(C(F)(F)OC)c(F)c1. The summed E-state index contributed by atoms with van der Waals surface area (Å²) in [6.07, 6.45) is 0.649. The number of rotatable bonds is 5. The lowest BCUT2D eigenvalue weighted by molar-refractivity contribution is -0.235. The number of halogens is 4. The molecule has 0 spiro atoms. The first-order valence-electron chi connectivity index (χ1n) is 5.45. The zero-order chi connectivity index (χ0) is 13.8. The summed E-state index contributed by atoms with van der Waals surface area (Å²) in [6, 6.07) is 1.82. The van der Waals surface area contributed by atoms with Gasteiger partial charge in [-0.05, 0) is 37.5 Å². The molecule has 0 heterocycles.